The number of hydrogen-bond acceptors (Lipinski definition) is 3. The number of nitrogens with one attached hydrogen (secondary N) is 1. The van der Waals surface area contributed by atoms with Gasteiger partial charge < -0.3 is 4.84 Å². The lowest BCUT2D eigenvalue weighted by Gasteiger charge is -2.04. The maximum atomic E-state index is 11.3. The van der Waals surface area contributed by atoms with Crippen LogP contribution in [0.4, 0.5) is 0 Å². The van der Waals surface area contributed by atoms with Crippen LogP contribution in [0.1, 0.15) is 17.3 Å². The molecule has 0 fully saturated rings. The lowest BCUT2D eigenvalue weighted by molar-refractivity contribution is -0.146. The summed E-state index contributed by atoms with van der Waals surface area (Å²) < 4.78 is 0. The normalized spacial score (nSPS) is 9.29. The van der Waals surface area contributed by atoms with Crippen molar-refractivity contribution in [3.8, 4) is 0 Å². The van der Waals surface area contributed by atoms with Gasteiger partial charge in [-0.1, -0.05) is 23.7 Å². The van der Waals surface area contributed by atoms with E-state index in [9.17, 15) is 9.59 Å². The summed E-state index contributed by atoms with van der Waals surface area (Å²) >= 11 is 5.73. The Morgan fingerprint density at radius 1 is 1.36 bits per heavy atom. The van der Waals surface area contributed by atoms with Crippen LogP contribution < -0.4 is 5.48 Å². The monoisotopic (exact) mass is 213 g/mol. The second-order valence-corrected chi connectivity index (χ2v) is 2.91. The molecule has 14 heavy (non-hydrogen) atoms. The quantitative estimate of drug-likeness (QED) is 0.720. The molecule has 1 N–H and O–H groups in total. The minimum absolute atomic E-state index is 0.260. The topological polar surface area (TPSA) is 55.4 Å². The summed E-state index contributed by atoms with van der Waals surface area (Å²) in [4.78, 5) is 26.0. The Hall–Kier alpha value is -1.55. The molecule has 0 bridgehead atoms. The van der Waals surface area contributed by atoms with Crippen LogP contribution in [0.3, 0.4) is 0 Å². The number of hydrogen-bond donors (Lipinski definition) is 1. The minimum atomic E-state index is -0.592. The van der Waals surface area contributed by atoms with Gasteiger partial charge in [-0.15, -0.1) is 0 Å². The van der Waals surface area contributed by atoms with Gasteiger partial charge in [0.2, 0.25) is 0 Å². The van der Waals surface area contributed by atoms with Gasteiger partial charge in [-0.3, -0.25) is 9.59 Å². The molecule has 0 saturated carbocycles. The summed E-state index contributed by atoms with van der Waals surface area (Å²) in [6.45, 7) is 1.19. The van der Waals surface area contributed by atoms with E-state index >= 15 is 0 Å². The van der Waals surface area contributed by atoms with Gasteiger partial charge in [0.15, 0.2) is 0 Å². The highest BCUT2D eigenvalue weighted by molar-refractivity contribution is 6.33. The summed E-state index contributed by atoms with van der Waals surface area (Å²) in [5.74, 6) is -1.14. The van der Waals surface area contributed by atoms with E-state index in [1.54, 1.807) is 18.2 Å². The number of carbonyl (C=O) groups is 2. The lowest BCUT2D eigenvalue weighted by atomic mass is 10.2. The molecule has 5 heteroatoms. The average Bonchev–Trinajstić information content (AvgIpc) is 2.15. The molecule has 0 aliphatic heterocycles. The lowest BCUT2D eigenvalue weighted by Crippen LogP contribution is -2.26. The predicted molar refractivity (Wildman–Crippen MR) is 50.7 cm³/mol. The van der Waals surface area contributed by atoms with Crippen molar-refractivity contribution in [2.75, 3.05) is 0 Å². The molecule has 0 aromatic heterocycles. The molecule has 4 nitrogen and oxygen atoms in total. The fourth-order valence-corrected chi connectivity index (χ4v) is 1.04. The Bertz CT molecular complexity index is 365. The second kappa shape index (κ2) is 4.62. The van der Waals surface area contributed by atoms with E-state index in [4.69, 9.17) is 11.6 Å². The van der Waals surface area contributed by atoms with Crippen molar-refractivity contribution < 1.29 is 14.4 Å². The summed E-state index contributed by atoms with van der Waals surface area (Å²) in [5, 5.41) is 0.303. The van der Waals surface area contributed by atoms with Crippen molar-refractivity contribution in [2.24, 2.45) is 0 Å². The summed E-state index contributed by atoms with van der Waals surface area (Å²) in [6, 6.07) is 6.46. The first kappa shape index (κ1) is 10.5. The summed E-state index contributed by atoms with van der Waals surface area (Å²) in [6.07, 6.45) is 0. The van der Waals surface area contributed by atoms with Crippen LogP contribution in [-0.2, 0) is 9.63 Å². The number of rotatable bonds is 1. The molecule has 1 amide bonds. The van der Waals surface area contributed by atoms with E-state index in [2.05, 4.69) is 4.84 Å². The van der Waals surface area contributed by atoms with Crippen LogP contribution in [0.2, 0.25) is 5.02 Å². The zero-order valence-corrected chi connectivity index (χ0v) is 8.17. The van der Waals surface area contributed by atoms with Crippen LogP contribution in [0.25, 0.3) is 0 Å². The van der Waals surface area contributed by atoms with Crippen molar-refractivity contribution in [2.45, 2.75) is 6.92 Å². The van der Waals surface area contributed by atoms with Crippen LogP contribution in [0.5, 0.6) is 0 Å². The van der Waals surface area contributed by atoms with Gasteiger partial charge in [0, 0.05) is 6.92 Å². The van der Waals surface area contributed by atoms with Crippen LogP contribution >= 0.6 is 11.6 Å². The predicted octanol–water partition coefficient (Wildman–Crippen LogP) is 1.55. The summed E-state index contributed by atoms with van der Waals surface area (Å²) in [7, 11) is 0. The largest absolute Gasteiger partial charge is 0.341 e. The van der Waals surface area contributed by atoms with E-state index in [-0.39, 0.29) is 5.56 Å². The molecule has 0 atom stereocenters. The van der Waals surface area contributed by atoms with Crippen molar-refractivity contribution >= 4 is 23.5 Å². The second-order valence-electron chi connectivity index (χ2n) is 2.50. The smallest absolute Gasteiger partial charge is 0.329 e. The molecule has 0 aliphatic rings. The van der Waals surface area contributed by atoms with E-state index in [1.807, 2.05) is 5.48 Å². The molecule has 0 radical (unpaired) electrons. The van der Waals surface area contributed by atoms with Crippen LogP contribution in [0.15, 0.2) is 24.3 Å². The number of amides is 1. The maximum absolute atomic E-state index is 11.3. The molecule has 0 heterocycles. The van der Waals surface area contributed by atoms with Gasteiger partial charge in [-0.05, 0) is 12.1 Å². The van der Waals surface area contributed by atoms with Gasteiger partial charge >= 0.3 is 5.97 Å². The van der Waals surface area contributed by atoms with Gasteiger partial charge in [-0.2, -0.15) is 5.48 Å². The Balaban J connectivity index is 2.70. The number of carbonyl (C=O) groups excluding carboxylic acids is 2. The number of halogens is 1. The minimum Gasteiger partial charge on any atom is -0.341 e. The fraction of sp³-hybridized carbons (Fsp3) is 0.111. The summed E-state index contributed by atoms with van der Waals surface area (Å²) in [5.41, 5.74) is 2.23. The van der Waals surface area contributed by atoms with Gasteiger partial charge in [0.05, 0.1) is 10.6 Å². The third kappa shape index (κ3) is 2.74. The van der Waals surface area contributed by atoms with Crippen molar-refractivity contribution in [1.82, 2.24) is 5.48 Å². The molecular weight excluding hydrogens is 206 g/mol. The molecular formula is C9H8ClNO3. The van der Waals surface area contributed by atoms with Crippen LogP contribution in [0, 0.1) is 0 Å². The standard InChI is InChI=1S/C9H8ClNO3/c1-6(12)14-11-9(13)7-4-2-3-5-8(7)10/h2-5H,1H3,(H,11,13). The average molecular weight is 214 g/mol. The van der Waals surface area contributed by atoms with Crippen molar-refractivity contribution in [3.63, 3.8) is 0 Å². The molecule has 1 aromatic rings. The van der Waals surface area contributed by atoms with Crippen LogP contribution in [-0.4, -0.2) is 11.9 Å². The Morgan fingerprint density at radius 2 is 2.00 bits per heavy atom. The first-order valence-electron chi connectivity index (χ1n) is 3.83. The molecule has 74 valence electrons. The molecule has 0 unspecified atom stereocenters. The first-order chi connectivity index (χ1) is 6.61. The Kier molecular flexibility index (Phi) is 3.48. The molecule has 1 aromatic carbocycles. The molecule has 1 rings (SSSR count). The van der Waals surface area contributed by atoms with Gasteiger partial charge in [0.1, 0.15) is 0 Å². The molecule has 0 spiro atoms. The molecule has 0 aliphatic carbocycles. The highest BCUT2D eigenvalue weighted by Crippen LogP contribution is 2.14. The number of benzene rings is 1. The highest BCUT2D eigenvalue weighted by Gasteiger charge is 2.09. The van der Waals surface area contributed by atoms with E-state index in [0.717, 1.165) is 0 Å². The SMILES string of the molecule is CC(=O)ONC(=O)c1ccccc1Cl. The maximum Gasteiger partial charge on any atom is 0.329 e. The number of hydroxylamine groups is 1. The fourth-order valence-electron chi connectivity index (χ4n) is 0.819. The van der Waals surface area contributed by atoms with Crippen molar-refractivity contribution in [1.29, 1.82) is 0 Å². The van der Waals surface area contributed by atoms with E-state index in [0.29, 0.717) is 5.02 Å². The third-order valence-electron chi connectivity index (χ3n) is 1.41. The van der Waals surface area contributed by atoms with Crippen molar-refractivity contribution in [3.05, 3.63) is 34.9 Å². The zero-order valence-electron chi connectivity index (χ0n) is 7.41. The van der Waals surface area contributed by atoms with E-state index in [1.165, 1.54) is 13.0 Å². The van der Waals surface area contributed by atoms with E-state index < -0.39 is 11.9 Å². The van der Waals surface area contributed by atoms with Gasteiger partial charge in [-0.25, -0.2) is 0 Å². The first-order valence-corrected chi connectivity index (χ1v) is 4.21. The van der Waals surface area contributed by atoms with Gasteiger partial charge in [0.25, 0.3) is 5.91 Å². The Morgan fingerprint density at radius 3 is 2.57 bits per heavy atom. The third-order valence-corrected chi connectivity index (χ3v) is 1.74. The molecule has 0 saturated heterocycles. The Labute approximate surface area is 85.8 Å². The zero-order chi connectivity index (χ0) is 10.6. The highest BCUT2D eigenvalue weighted by atomic mass is 35.5.